The SMILES string of the molecule is CC(=O)OC1NC(=O)C1C(C)F. The van der Waals surface area contributed by atoms with Gasteiger partial charge in [-0.25, -0.2) is 4.39 Å². The minimum atomic E-state index is -1.29. The highest BCUT2D eigenvalue weighted by Gasteiger charge is 2.45. The van der Waals surface area contributed by atoms with Crippen LogP contribution in [0.15, 0.2) is 0 Å². The second-order valence-corrected chi connectivity index (χ2v) is 2.74. The van der Waals surface area contributed by atoms with Crippen molar-refractivity contribution in [1.82, 2.24) is 5.32 Å². The summed E-state index contributed by atoms with van der Waals surface area (Å²) in [4.78, 5) is 21.1. The molecule has 1 rings (SSSR count). The lowest BCUT2D eigenvalue weighted by atomic mass is 9.94. The van der Waals surface area contributed by atoms with Gasteiger partial charge in [-0.05, 0) is 6.92 Å². The first-order valence-corrected chi connectivity index (χ1v) is 3.64. The number of rotatable bonds is 2. The molecule has 5 heteroatoms. The first-order valence-electron chi connectivity index (χ1n) is 3.64. The van der Waals surface area contributed by atoms with E-state index in [0.717, 1.165) is 0 Å². The van der Waals surface area contributed by atoms with Gasteiger partial charge in [0.05, 0.1) is 0 Å². The van der Waals surface area contributed by atoms with E-state index in [4.69, 9.17) is 0 Å². The molecular formula is C7H10FNO3. The highest BCUT2D eigenvalue weighted by atomic mass is 19.1. The Hall–Kier alpha value is -1.13. The van der Waals surface area contributed by atoms with Crippen molar-refractivity contribution in [2.75, 3.05) is 0 Å². The summed E-state index contributed by atoms with van der Waals surface area (Å²) in [6.45, 7) is 2.48. The van der Waals surface area contributed by atoms with Crippen LogP contribution in [0.2, 0.25) is 0 Å². The van der Waals surface area contributed by atoms with Crippen LogP contribution in [-0.4, -0.2) is 24.3 Å². The van der Waals surface area contributed by atoms with Gasteiger partial charge in [-0.3, -0.25) is 9.59 Å². The van der Waals surface area contributed by atoms with Crippen molar-refractivity contribution < 1.29 is 18.7 Å². The van der Waals surface area contributed by atoms with E-state index in [-0.39, 0.29) is 0 Å². The fourth-order valence-corrected chi connectivity index (χ4v) is 1.10. The topological polar surface area (TPSA) is 55.4 Å². The number of hydrogen-bond acceptors (Lipinski definition) is 3. The van der Waals surface area contributed by atoms with Gasteiger partial charge in [0.1, 0.15) is 12.1 Å². The van der Waals surface area contributed by atoms with Gasteiger partial charge < -0.3 is 10.1 Å². The van der Waals surface area contributed by atoms with E-state index in [0.29, 0.717) is 0 Å². The smallest absolute Gasteiger partial charge is 0.304 e. The summed E-state index contributed by atoms with van der Waals surface area (Å²) in [5.74, 6) is -1.77. The monoisotopic (exact) mass is 175 g/mol. The highest BCUT2D eigenvalue weighted by molar-refractivity contribution is 5.86. The zero-order valence-corrected chi connectivity index (χ0v) is 6.83. The number of ether oxygens (including phenoxy) is 1. The number of carbonyl (C=O) groups is 2. The molecule has 1 aliphatic rings. The van der Waals surface area contributed by atoms with Gasteiger partial charge >= 0.3 is 5.97 Å². The van der Waals surface area contributed by atoms with Gasteiger partial charge in [0.15, 0.2) is 6.23 Å². The van der Waals surface area contributed by atoms with Crippen LogP contribution in [0.5, 0.6) is 0 Å². The number of alkyl halides is 1. The van der Waals surface area contributed by atoms with Crippen molar-refractivity contribution in [2.24, 2.45) is 5.92 Å². The van der Waals surface area contributed by atoms with Crippen LogP contribution in [0.4, 0.5) is 4.39 Å². The molecule has 0 spiro atoms. The second-order valence-electron chi connectivity index (χ2n) is 2.74. The Morgan fingerprint density at radius 1 is 1.75 bits per heavy atom. The van der Waals surface area contributed by atoms with Crippen molar-refractivity contribution in [2.45, 2.75) is 26.2 Å². The summed E-state index contributed by atoms with van der Waals surface area (Å²) in [5, 5.41) is 2.28. The fourth-order valence-electron chi connectivity index (χ4n) is 1.10. The molecular weight excluding hydrogens is 165 g/mol. The molecule has 0 aromatic heterocycles. The molecule has 0 aliphatic carbocycles. The molecule has 68 valence electrons. The summed E-state index contributed by atoms with van der Waals surface area (Å²) in [7, 11) is 0. The fraction of sp³-hybridized carbons (Fsp3) is 0.714. The highest BCUT2D eigenvalue weighted by Crippen LogP contribution is 2.22. The largest absolute Gasteiger partial charge is 0.441 e. The molecule has 0 bridgehead atoms. The third-order valence-corrected chi connectivity index (χ3v) is 1.70. The van der Waals surface area contributed by atoms with Gasteiger partial charge in [-0.2, -0.15) is 0 Å². The van der Waals surface area contributed by atoms with Crippen LogP contribution in [0.25, 0.3) is 0 Å². The van der Waals surface area contributed by atoms with Crippen LogP contribution in [0, 0.1) is 5.92 Å². The van der Waals surface area contributed by atoms with Crippen molar-refractivity contribution in [3.63, 3.8) is 0 Å². The Bertz CT molecular complexity index is 217. The standard InChI is InChI=1S/C7H10FNO3/c1-3(8)5-6(11)9-7(5)12-4(2)10/h3,5,7H,1-2H3,(H,9,11). The van der Waals surface area contributed by atoms with Crippen molar-refractivity contribution in [3.05, 3.63) is 0 Å². The number of amides is 1. The summed E-state index contributed by atoms with van der Waals surface area (Å²) in [6.07, 6.45) is -2.07. The Kier molecular flexibility index (Phi) is 2.30. The van der Waals surface area contributed by atoms with E-state index in [1.165, 1.54) is 13.8 Å². The molecule has 4 nitrogen and oxygen atoms in total. The van der Waals surface area contributed by atoms with E-state index < -0.39 is 30.2 Å². The Balaban J connectivity index is 2.48. The molecule has 12 heavy (non-hydrogen) atoms. The molecule has 1 fully saturated rings. The van der Waals surface area contributed by atoms with Gasteiger partial charge in [0, 0.05) is 6.92 Å². The third kappa shape index (κ3) is 1.54. The number of halogens is 1. The number of esters is 1. The maximum absolute atomic E-state index is 12.6. The first kappa shape index (κ1) is 8.96. The minimum absolute atomic E-state index is 0.406. The van der Waals surface area contributed by atoms with E-state index in [2.05, 4.69) is 10.1 Å². The predicted octanol–water partition coefficient (Wildman–Crippen LogP) is -0.0204. The predicted molar refractivity (Wildman–Crippen MR) is 37.8 cm³/mol. The number of β-lactam (4-membered cyclic amide) rings is 1. The quantitative estimate of drug-likeness (QED) is 0.474. The molecule has 3 unspecified atom stereocenters. The molecule has 0 aromatic rings. The maximum atomic E-state index is 12.6. The average Bonchev–Trinajstić information content (AvgIpc) is 1.82. The maximum Gasteiger partial charge on any atom is 0.304 e. The summed E-state index contributed by atoms with van der Waals surface area (Å²) in [6, 6.07) is 0. The number of nitrogens with one attached hydrogen (secondary N) is 1. The van der Waals surface area contributed by atoms with Crippen LogP contribution >= 0.6 is 0 Å². The van der Waals surface area contributed by atoms with Gasteiger partial charge in [-0.15, -0.1) is 0 Å². The zero-order chi connectivity index (χ0) is 9.30. The summed E-state index contributed by atoms with van der Waals surface area (Å²) in [5.41, 5.74) is 0. The van der Waals surface area contributed by atoms with Crippen LogP contribution < -0.4 is 5.32 Å². The van der Waals surface area contributed by atoms with Crippen molar-refractivity contribution in [1.29, 1.82) is 0 Å². The first-order chi connectivity index (χ1) is 5.52. The molecule has 3 atom stereocenters. The molecule has 0 saturated carbocycles. The van der Waals surface area contributed by atoms with E-state index in [1.807, 2.05) is 0 Å². The normalized spacial score (nSPS) is 30.1. The molecule has 1 aliphatic heterocycles. The van der Waals surface area contributed by atoms with Crippen LogP contribution in [-0.2, 0) is 14.3 Å². The van der Waals surface area contributed by atoms with E-state index >= 15 is 0 Å². The Morgan fingerprint density at radius 2 is 2.33 bits per heavy atom. The lowest BCUT2D eigenvalue weighted by Crippen LogP contribution is -2.62. The minimum Gasteiger partial charge on any atom is -0.441 e. The average molecular weight is 175 g/mol. The van der Waals surface area contributed by atoms with Gasteiger partial charge in [-0.1, -0.05) is 0 Å². The molecule has 1 amide bonds. The van der Waals surface area contributed by atoms with Crippen LogP contribution in [0.3, 0.4) is 0 Å². The number of hydrogen-bond donors (Lipinski definition) is 1. The molecule has 1 N–H and O–H groups in total. The summed E-state index contributed by atoms with van der Waals surface area (Å²) < 4.78 is 17.3. The molecule has 0 radical (unpaired) electrons. The van der Waals surface area contributed by atoms with E-state index in [9.17, 15) is 14.0 Å². The van der Waals surface area contributed by atoms with Crippen molar-refractivity contribution >= 4 is 11.9 Å². The van der Waals surface area contributed by atoms with Crippen molar-refractivity contribution in [3.8, 4) is 0 Å². The second kappa shape index (κ2) is 3.08. The third-order valence-electron chi connectivity index (χ3n) is 1.70. The van der Waals surface area contributed by atoms with Gasteiger partial charge in [0.2, 0.25) is 5.91 Å². The summed E-state index contributed by atoms with van der Waals surface area (Å²) >= 11 is 0. The Labute approximate surface area is 69.1 Å². The van der Waals surface area contributed by atoms with E-state index in [1.54, 1.807) is 0 Å². The Morgan fingerprint density at radius 3 is 2.67 bits per heavy atom. The zero-order valence-electron chi connectivity index (χ0n) is 6.83. The molecule has 1 saturated heterocycles. The lowest BCUT2D eigenvalue weighted by Gasteiger charge is -2.36. The lowest BCUT2D eigenvalue weighted by molar-refractivity contribution is -0.170. The molecule has 0 aromatic carbocycles. The number of carbonyl (C=O) groups excluding carboxylic acids is 2. The van der Waals surface area contributed by atoms with Crippen LogP contribution in [0.1, 0.15) is 13.8 Å². The molecule has 1 heterocycles. The van der Waals surface area contributed by atoms with Gasteiger partial charge in [0.25, 0.3) is 0 Å².